The molecular formula is C38H29FeN6O2+. The van der Waals surface area contributed by atoms with Crippen LogP contribution in [0.1, 0.15) is 6.92 Å². The molecule has 6 heterocycles. The largest absolute Gasteiger partial charge is 2.00 e. The minimum absolute atomic E-state index is 0. The third-order valence-corrected chi connectivity index (χ3v) is 6.39. The van der Waals surface area contributed by atoms with Crippen LogP contribution < -0.4 is 5.11 Å². The van der Waals surface area contributed by atoms with Gasteiger partial charge in [0.1, 0.15) is 0 Å². The van der Waals surface area contributed by atoms with Gasteiger partial charge in [0.25, 0.3) is 0 Å². The van der Waals surface area contributed by atoms with E-state index in [-0.39, 0.29) is 17.1 Å². The molecular weight excluding hydrogens is 628 g/mol. The predicted molar refractivity (Wildman–Crippen MR) is 178 cm³/mol. The molecule has 0 atom stereocenters. The van der Waals surface area contributed by atoms with Crippen LogP contribution in [0.3, 0.4) is 0 Å². The number of pyridine rings is 6. The summed E-state index contributed by atoms with van der Waals surface area (Å²) < 4.78 is 0. The topological polar surface area (TPSA) is 117 Å². The van der Waals surface area contributed by atoms with Crippen molar-refractivity contribution in [1.29, 1.82) is 0 Å². The van der Waals surface area contributed by atoms with Crippen LogP contribution in [0.15, 0.2) is 158 Å². The summed E-state index contributed by atoms with van der Waals surface area (Å²) in [5.74, 6) is -1.08. The standard InChI is InChI=1S/C21H15N3.C15H11N3.C2H4O2.Fe/c1-2-8-16(9-3-1)17-14-20(18-10-4-6-12-22-18)24-21(15-17)19-11-5-7-13-23-19;1-3-10-16-12(6-1)14-8-5-9-15(18-14)13-7-2-4-11-17-13;1-2(3)4;/h1-15H;1-11H;1H3,(H,3,4);/q;;;+2/p-1. The average Bonchev–Trinajstić information content (AvgIpc) is 3.13. The SMILES string of the molecule is CC(=O)[O-].[Fe+2].c1ccc(-c2cc(-c3ccccn3)nc(-c3ccccn3)c2)cc1.c1ccc(-c2cccc(-c3ccccn3)n2)nc1. The number of carbonyl (C=O) groups is 1. The number of carboxylic acids is 1. The van der Waals surface area contributed by atoms with E-state index in [0.717, 1.165) is 63.6 Å². The maximum absolute atomic E-state index is 8.89. The molecule has 0 saturated carbocycles. The fraction of sp³-hybridized carbons (Fsp3) is 0.0263. The van der Waals surface area contributed by atoms with E-state index in [1.807, 2.05) is 109 Å². The second-order valence-electron chi connectivity index (χ2n) is 9.75. The Morgan fingerprint density at radius 2 is 0.745 bits per heavy atom. The summed E-state index contributed by atoms with van der Waals surface area (Å²) in [5, 5.41) is 8.89. The van der Waals surface area contributed by atoms with Gasteiger partial charge in [-0.1, -0.05) is 60.7 Å². The zero-order chi connectivity index (χ0) is 32.0. The second-order valence-corrected chi connectivity index (χ2v) is 9.75. The van der Waals surface area contributed by atoms with E-state index in [4.69, 9.17) is 14.9 Å². The first-order valence-corrected chi connectivity index (χ1v) is 14.4. The average molecular weight is 658 g/mol. The normalized spacial score (nSPS) is 9.81. The van der Waals surface area contributed by atoms with Gasteiger partial charge in [-0.3, -0.25) is 19.9 Å². The van der Waals surface area contributed by atoms with E-state index in [2.05, 4.69) is 49.2 Å². The third kappa shape index (κ3) is 10.1. The maximum atomic E-state index is 8.89. The fourth-order valence-electron chi connectivity index (χ4n) is 4.37. The molecule has 0 spiro atoms. The molecule has 0 bridgehead atoms. The number of nitrogens with zero attached hydrogens (tertiary/aromatic N) is 6. The summed E-state index contributed by atoms with van der Waals surface area (Å²) in [4.78, 5) is 35.7. The molecule has 7 rings (SSSR count). The van der Waals surface area contributed by atoms with Crippen LogP contribution in [0.5, 0.6) is 0 Å². The van der Waals surface area contributed by atoms with Gasteiger partial charge in [0.2, 0.25) is 0 Å². The molecule has 0 aliphatic heterocycles. The molecule has 1 aromatic carbocycles. The Bertz CT molecular complexity index is 1770. The number of carbonyl (C=O) groups excluding carboxylic acids is 1. The van der Waals surface area contributed by atoms with Crippen molar-refractivity contribution in [2.45, 2.75) is 6.92 Å². The van der Waals surface area contributed by atoms with Gasteiger partial charge in [-0.2, -0.15) is 0 Å². The molecule has 7 aromatic rings. The van der Waals surface area contributed by atoms with Crippen molar-refractivity contribution >= 4 is 5.97 Å². The van der Waals surface area contributed by atoms with Gasteiger partial charge in [0.15, 0.2) is 0 Å². The summed E-state index contributed by atoms with van der Waals surface area (Å²) in [6.45, 7) is 0.972. The van der Waals surface area contributed by atoms with E-state index in [1.54, 1.807) is 24.8 Å². The van der Waals surface area contributed by atoms with Crippen LogP contribution in [-0.2, 0) is 21.9 Å². The Balaban J connectivity index is 0.000000193. The van der Waals surface area contributed by atoms with Crippen LogP contribution >= 0.6 is 0 Å². The van der Waals surface area contributed by atoms with Crippen molar-refractivity contribution in [2.75, 3.05) is 0 Å². The van der Waals surface area contributed by atoms with E-state index < -0.39 is 5.97 Å². The quantitative estimate of drug-likeness (QED) is 0.185. The number of aliphatic carboxylic acids is 1. The number of aromatic nitrogens is 6. The Hall–Kier alpha value is -5.89. The van der Waals surface area contributed by atoms with Crippen LogP contribution in [-0.4, -0.2) is 35.9 Å². The van der Waals surface area contributed by atoms with Crippen molar-refractivity contribution in [3.05, 3.63) is 158 Å². The molecule has 0 N–H and O–H groups in total. The van der Waals surface area contributed by atoms with Crippen molar-refractivity contribution in [1.82, 2.24) is 29.9 Å². The number of benzene rings is 1. The molecule has 47 heavy (non-hydrogen) atoms. The molecule has 0 amide bonds. The molecule has 8 nitrogen and oxygen atoms in total. The van der Waals surface area contributed by atoms with Crippen molar-refractivity contribution in [2.24, 2.45) is 0 Å². The summed E-state index contributed by atoms with van der Waals surface area (Å²) in [7, 11) is 0. The molecule has 230 valence electrons. The molecule has 6 aromatic heterocycles. The van der Waals surface area contributed by atoms with Crippen LogP contribution in [0, 0.1) is 0 Å². The minimum Gasteiger partial charge on any atom is -0.550 e. The van der Waals surface area contributed by atoms with E-state index in [1.165, 1.54) is 0 Å². The van der Waals surface area contributed by atoms with Gasteiger partial charge in [0.05, 0.1) is 45.6 Å². The number of rotatable bonds is 5. The number of carboxylic acid groups (broad SMARTS) is 1. The summed E-state index contributed by atoms with van der Waals surface area (Å²) >= 11 is 0. The smallest absolute Gasteiger partial charge is 0.550 e. The molecule has 0 aliphatic rings. The van der Waals surface area contributed by atoms with Crippen molar-refractivity contribution in [3.8, 4) is 56.7 Å². The zero-order valence-electron chi connectivity index (χ0n) is 25.4. The Kier molecular flexibility index (Phi) is 12.7. The first-order valence-electron chi connectivity index (χ1n) is 14.4. The predicted octanol–water partition coefficient (Wildman–Crippen LogP) is 6.83. The molecule has 0 aliphatic carbocycles. The maximum Gasteiger partial charge on any atom is 2.00 e. The molecule has 0 saturated heterocycles. The van der Waals surface area contributed by atoms with Gasteiger partial charge in [0, 0.05) is 30.8 Å². The van der Waals surface area contributed by atoms with Crippen LogP contribution in [0.4, 0.5) is 0 Å². The van der Waals surface area contributed by atoms with Crippen molar-refractivity contribution in [3.63, 3.8) is 0 Å². The van der Waals surface area contributed by atoms with Gasteiger partial charge in [-0.15, -0.1) is 0 Å². The molecule has 9 heteroatoms. The van der Waals surface area contributed by atoms with Crippen LogP contribution in [0.2, 0.25) is 0 Å². The first-order chi connectivity index (χ1) is 22.6. The summed E-state index contributed by atoms with van der Waals surface area (Å²) in [6.07, 6.45) is 7.11. The molecule has 0 radical (unpaired) electrons. The summed E-state index contributed by atoms with van der Waals surface area (Å²) in [5.41, 5.74) is 9.11. The van der Waals surface area contributed by atoms with E-state index in [0.29, 0.717) is 0 Å². The van der Waals surface area contributed by atoms with Crippen molar-refractivity contribution < 1.29 is 27.0 Å². The van der Waals surface area contributed by atoms with Gasteiger partial charge in [-0.05, 0) is 90.8 Å². The fourth-order valence-corrected chi connectivity index (χ4v) is 4.37. The Morgan fingerprint density at radius 1 is 0.426 bits per heavy atom. The number of hydrogen-bond donors (Lipinski definition) is 0. The second kappa shape index (κ2) is 17.6. The Morgan fingerprint density at radius 3 is 1.11 bits per heavy atom. The van der Waals surface area contributed by atoms with Gasteiger partial charge >= 0.3 is 17.1 Å². The molecule has 0 fully saturated rings. The Labute approximate surface area is 283 Å². The third-order valence-electron chi connectivity index (χ3n) is 6.39. The van der Waals surface area contributed by atoms with Crippen LogP contribution in [0.25, 0.3) is 56.7 Å². The minimum atomic E-state index is -1.08. The van der Waals surface area contributed by atoms with E-state index >= 15 is 0 Å². The molecule has 0 unspecified atom stereocenters. The number of hydrogen-bond acceptors (Lipinski definition) is 8. The van der Waals surface area contributed by atoms with Gasteiger partial charge < -0.3 is 9.90 Å². The van der Waals surface area contributed by atoms with E-state index in [9.17, 15) is 0 Å². The summed E-state index contributed by atoms with van der Waals surface area (Å²) in [6, 6.07) is 43.6. The zero-order valence-corrected chi connectivity index (χ0v) is 26.5. The van der Waals surface area contributed by atoms with Gasteiger partial charge in [-0.25, -0.2) is 9.97 Å². The monoisotopic (exact) mass is 657 g/mol. The first kappa shape index (κ1) is 34.0.